The molecule has 1 aliphatic rings. The Kier molecular flexibility index (Phi) is 2.41. The minimum Gasteiger partial charge on any atom is -0.375 e. The Morgan fingerprint density at radius 2 is 1.94 bits per heavy atom. The normalized spacial score (nSPS) is 17.2. The number of allylic oxidation sites excluding steroid dienone is 1. The van der Waals surface area contributed by atoms with Crippen LogP contribution in [0.3, 0.4) is 0 Å². The Labute approximate surface area is 97.2 Å². The van der Waals surface area contributed by atoms with Crippen molar-refractivity contribution in [3.05, 3.63) is 23.9 Å². The van der Waals surface area contributed by atoms with Crippen molar-refractivity contribution in [1.29, 1.82) is 0 Å². The van der Waals surface area contributed by atoms with Gasteiger partial charge in [0.2, 0.25) is 0 Å². The number of nitrogens with zero attached hydrogens (tertiary/aromatic N) is 2. The average molecular weight is 217 g/mol. The zero-order valence-corrected chi connectivity index (χ0v) is 10.6. The smallest absolute Gasteiger partial charge is 0.128 e. The second kappa shape index (κ2) is 3.51. The van der Waals surface area contributed by atoms with Gasteiger partial charge in [-0.25, -0.2) is 4.98 Å². The molecule has 1 aliphatic heterocycles. The number of anilines is 2. The van der Waals surface area contributed by atoms with E-state index in [1.54, 1.807) is 0 Å². The van der Waals surface area contributed by atoms with E-state index in [1.165, 1.54) is 5.57 Å². The van der Waals surface area contributed by atoms with E-state index in [2.05, 4.69) is 43.2 Å². The van der Waals surface area contributed by atoms with Gasteiger partial charge in [0.15, 0.2) is 0 Å². The van der Waals surface area contributed by atoms with Crippen LogP contribution in [0.25, 0.3) is 5.57 Å². The van der Waals surface area contributed by atoms with Crippen LogP contribution in [0.4, 0.5) is 11.5 Å². The quantitative estimate of drug-likeness (QED) is 0.784. The summed E-state index contributed by atoms with van der Waals surface area (Å²) in [6.45, 7) is 6.45. The van der Waals surface area contributed by atoms with Gasteiger partial charge in [0, 0.05) is 14.1 Å². The molecule has 86 valence electrons. The molecule has 1 aromatic rings. The average Bonchev–Trinajstić information content (AvgIpc) is 2.15. The summed E-state index contributed by atoms with van der Waals surface area (Å²) >= 11 is 0. The summed E-state index contributed by atoms with van der Waals surface area (Å²) in [5, 5.41) is 3.48. The number of nitrogens with one attached hydrogen (secondary N) is 1. The monoisotopic (exact) mass is 217 g/mol. The van der Waals surface area contributed by atoms with Crippen molar-refractivity contribution in [2.45, 2.75) is 26.3 Å². The predicted molar refractivity (Wildman–Crippen MR) is 69.9 cm³/mol. The maximum atomic E-state index is 4.65. The topological polar surface area (TPSA) is 28.2 Å². The molecular formula is C13H19N3. The standard InChI is InChI=1S/C13H19N3/c1-9-8-13(2,3)15-10-6-7-11(16(4)5)14-12(9)10/h6-8,15H,1-5H3. The molecular weight excluding hydrogens is 198 g/mol. The van der Waals surface area contributed by atoms with Crippen molar-refractivity contribution in [3.8, 4) is 0 Å². The van der Waals surface area contributed by atoms with Crippen molar-refractivity contribution < 1.29 is 0 Å². The highest BCUT2D eigenvalue weighted by atomic mass is 15.1. The van der Waals surface area contributed by atoms with Gasteiger partial charge < -0.3 is 10.2 Å². The highest BCUT2D eigenvalue weighted by molar-refractivity contribution is 5.78. The molecule has 2 rings (SSSR count). The summed E-state index contributed by atoms with van der Waals surface area (Å²) in [6, 6.07) is 4.15. The SMILES string of the molecule is CC1=CC(C)(C)Nc2ccc(N(C)C)nc21. The number of hydrogen-bond donors (Lipinski definition) is 1. The van der Waals surface area contributed by atoms with E-state index in [0.29, 0.717) is 0 Å². The third-order valence-corrected chi connectivity index (χ3v) is 2.75. The van der Waals surface area contributed by atoms with E-state index in [9.17, 15) is 0 Å². The first-order chi connectivity index (χ1) is 7.39. The zero-order valence-electron chi connectivity index (χ0n) is 10.6. The molecule has 0 aliphatic carbocycles. The van der Waals surface area contributed by atoms with E-state index >= 15 is 0 Å². The van der Waals surface area contributed by atoms with Gasteiger partial charge in [0.25, 0.3) is 0 Å². The molecule has 0 saturated heterocycles. The van der Waals surface area contributed by atoms with E-state index in [1.807, 2.05) is 25.1 Å². The second-order valence-electron chi connectivity index (χ2n) is 5.13. The number of pyridine rings is 1. The lowest BCUT2D eigenvalue weighted by Gasteiger charge is -2.31. The van der Waals surface area contributed by atoms with Gasteiger partial charge >= 0.3 is 0 Å². The minimum atomic E-state index is 0.0123. The Hall–Kier alpha value is -1.51. The predicted octanol–water partition coefficient (Wildman–Crippen LogP) is 2.76. The first-order valence-electron chi connectivity index (χ1n) is 5.55. The minimum absolute atomic E-state index is 0.0123. The van der Waals surface area contributed by atoms with Crippen molar-refractivity contribution in [2.75, 3.05) is 24.3 Å². The van der Waals surface area contributed by atoms with Gasteiger partial charge in [-0.15, -0.1) is 0 Å². The Bertz CT molecular complexity index is 444. The van der Waals surface area contributed by atoms with Crippen LogP contribution in [-0.4, -0.2) is 24.6 Å². The Morgan fingerprint density at radius 1 is 1.25 bits per heavy atom. The van der Waals surface area contributed by atoms with Gasteiger partial charge in [0.1, 0.15) is 5.82 Å². The molecule has 2 heterocycles. The molecule has 3 nitrogen and oxygen atoms in total. The summed E-state index contributed by atoms with van der Waals surface area (Å²) in [5.41, 5.74) is 3.43. The largest absolute Gasteiger partial charge is 0.375 e. The number of rotatable bonds is 1. The zero-order chi connectivity index (χ0) is 11.9. The fourth-order valence-electron chi connectivity index (χ4n) is 2.09. The lowest BCUT2D eigenvalue weighted by Crippen LogP contribution is -2.32. The number of fused-ring (bicyclic) bond motifs is 1. The van der Waals surface area contributed by atoms with Gasteiger partial charge in [-0.3, -0.25) is 0 Å². The Balaban J connectivity index is 2.50. The van der Waals surface area contributed by atoms with Crippen LogP contribution in [0.5, 0.6) is 0 Å². The summed E-state index contributed by atoms with van der Waals surface area (Å²) in [7, 11) is 4.02. The molecule has 0 fully saturated rings. The fraction of sp³-hybridized carbons (Fsp3) is 0.462. The summed E-state index contributed by atoms with van der Waals surface area (Å²) in [4.78, 5) is 6.68. The molecule has 1 aromatic heterocycles. The maximum Gasteiger partial charge on any atom is 0.128 e. The molecule has 1 N–H and O–H groups in total. The highest BCUT2D eigenvalue weighted by Gasteiger charge is 2.23. The van der Waals surface area contributed by atoms with Crippen LogP contribution >= 0.6 is 0 Å². The molecule has 0 radical (unpaired) electrons. The molecule has 16 heavy (non-hydrogen) atoms. The van der Waals surface area contributed by atoms with Crippen molar-refractivity contribution in [1.82, 2.24) is 4.98 Å². The number of aromatic nitrogens is 1. The first-order valence-corrected chi connectivity index (χ1v) is 5.55. The highest BCUT2D eigenvalue weighted by Crippen LogP contribution is 2.33. The molecule has 0 saturated carbocycles. The molecule has 0 spiro atoms. The van der Waals surface area contributed by atoms with Crippen LogP contribution < -0.4 is 10.2 Å². The molecule has 0 atom stereocenters. The van der Waals surface area contributed by atoms with E-state index in [4.69, 9.17) is 0 Å². The number of hydrogen-bond acceptors (Lipinski definition) is 3. The molecule has 0 aromatic carbocycles. The molecule has 0 amide bonds. The van der Waals surface area contributed by atoms with Gasteiger partial charge in [0.05, 0.1) is 16.9 Å². The van der Waals surface area contributed by atoms with E-state index in [0.717, 1.165) is 17.2 Å². The van der Waals surface area contributed by atoms with Crippen LogP contribution in [0, 0.1) is 0 Å². The Morgan fingerprint density at radius 3 is 2.56 bits per heavy atom. The van der Waals surface area contributed by atoms with Crippen LogP contribution in [0.1, 0.15) is 26.5 Å². The molecule has 0 unspecified atom stereocenters. The maximum absolute atomic E-state index is 4.65. The fourth-order valence-corrected chi connectivity index (χ4v) is 2.09. The first kappa shape index (κ1) is 11.0. The van der Waals surface area contributed by atoms with Crippen molar-refractivity contribution in [2.24, 2.45) is 0 Å². The second-order valence-corrected chi connectivity index (χ2v) is 5.13. The van der Waals surface area contributed by atoms with Crippen molar-refractivity contribution in [3.63, 3.8) is 0 Å². The van der Waals surface area contributed by atoms with Crippen LogP contribution in [-0.2, 0) is 0 Å². The van der Waals surface area contributed by atoms with Gasteiger partial charge in [-0.05, 0) is 38.5 Å². The summed E-state index contributed by atoms with van der Waals surface area (Å²) < 4.78 is 0. The van der Waals surface area contributed by atoms with Crippen LogP contribution in [0.15, 0.2) is 18.2 Å². The van der Waals surface area contributed by atoms with E-state index < -0.39 is 0 Å². The lowest BCUT2D eigenvalue weighted by molar-refractivity contribution is 0.705. The summed E-state index contributed by atoms with van der Waals surface area (Å²) in [5.74, 6) is 0.994. The van der Waals surface area contributed by atoms with Gasteiger partial charge in [-0.1, -0.05) is 6.08 Å². The van der Waals surface area contributed by atoms with Gasteiger partial charge in [-0.2, -0.15) is 0 Å². The van der Waals surface area contributed by atoms with E-state index in [-0.39, 0.29) is 5.54 Å². The molecule has 0 bridgehead atoms. The molecule has 3 heteroatoms. The lowest BCUT2D eigenvalue weighted by atomic mass is 9.94. The van der Waals surface area contributed by atoms with Crippen LogP contribution in [0.2, 0.25) is 0 Å². The van der Waals surface area contributed by atoms with Crippen molar-refractivity contribution >= 4 is 17.1 Å². The third kappa shape index (κ3) is 1.90. The summed E-state index contributed by atoms with van der Waals surface area (Å²) in [6.07, 6.45) is 2.22. The third-order valence-electron chi connectivity index (χ3n) is 2.75.